The lowest BCUT2D eigenvalue weighted by molar-refractivity contribution is -0.151. The highest BCUT2D eigenvalue weighted by Gasteiger charge is 2.63. The van der Waals surface area contributed by atoms with Crippen LogP contribution in [0.25, 0.3) is 11.1 Å². The van der Waals surface area contributed by atoms with Crippen LogP contribution in [0.5, 0.6) is 5.75 Å². The summed E-state index contributed by atoms with van der Waals surface area (Å²) in [6.07, 6.45) is 0.988. The number of carbonyl (C=O) groups is 7. The largest absolute Gasteiger partial charge is 0.543 e. The van der Waals surface area contributed by atoms with E-state index in [-0.39, 0.29) is 6.42 Å². The number of ketones is 1. The Morgan fingerprint density at radius 2 is 1.40 bits per heavy atom. The van der Waals surface area contributed by atoms with Gasteiger partial charge in [0, 0.05) is 29.0 Å². The van der Waals surface area contributed by atoms with Gasteiger partial charge in [0.25, 0.3) is 20.1 Å². The number of benzene rings is 2. The molecule has 2 heterocycles. The highest BCUT2D eigenvalue weighted by molar-refractivity contribution is 6.75. The first-order chi connectivity index (χ1) is 33.3. The first-order valence-corrected chi connectivity index (χ1v) is 33.1. The van der Waals surface area contributed by atoms with Gasteiger partial charge in [-0.2, -0.15) is 0 Å². The molecule has 0 radical (unpaired) electrons. The first kappa shape index (κ1) is 57.6. The standard InChI is InChI=1S/C51H80N6O10Si3/c1-13-29-53-48(62)43-45(66-69(18-6,19-7)20-8)51(67-70(21-9,22-10)23-11)37-26-24-25-35(42(37)57-50(51)64)36-30-34(27-28-40(36)65-68(15-3,16-4)17-5)31-38(55-49(63)44(59)33(12)14-2)46(60)54-39(32-41(52)58)47(61)56-43/h13,24-30,33,38-39,43,45H,14-23,31-32H2,1-12H3,(H2,52,58)(H,53,62)(H,54,60)(H,55,63)(H,56,61)(H,57,64). The summed E-state index contributed by atoms with van der Waals surface area (Å²) in [6.45, 7) is 23.6. The Hall–Kier alpha value is -4.96. The van der Waals surface area contributed by atoms with Crippen molar-refractivity contribution >= 4 is 71.9 Å². The fourth-order valence-electron chi connectivity index (χ4n) is 9.71. The van der Waals surface area contributed by atoms with Gasteiger partial charge >= 0.3 is 0 Å². The normalized spacial score (nSPS) is 21.3. The maximum Gasteiger partial charge on any atom is 0.288 e. The zero-order valence-corrected chi connectivity index (χ0v) is 46.7. The van der Waals surface area contributed by atoms with Crippen molar-refractivity contribution in [2.45, 2.75) is 187 Å². The molecule has 0 saturated carbocycles. The molecule has 6 unspecified atom stereocenters. The van der Waals surface area contributed by atoms with E-state index in [2.05, 4.69) is 47.4 Å². The van der Waals surface area contributed by atoms with Crippen LogP contribution < -0.4 is 36.7 Å². The molecule has 0 fully saturated rings. The molecule has 70 heavy (non-hydrogen) atoms. The SMILES string of the molecule is CC=CNC(=O)C1NC(=O)C(CC(N)=O)NC(=O)C(NC(=O)C(=O)C(C)CC)Cc2ccc(O[Si](CC)(CC)CC)c(c2)-c2cccc3c2NC(=O)C3(O[Si](CC)(CC)CC)C1O[Si](CC)(CC)CC. The van der Waals surface area contributed by atoms with E-state index in [1.54, 1.807) is 32.9 Å². The minimum atomic E-state index is -2.92. The van der Waals surface area contributed by atoms with Crippen LogP contribution >= 0.6 is 0 Å². The van der Waals surface area contributed by atoms with Crippen LogP contribution in [-0.4, -0.2) is 90.4 Å². The van der Waals surface area contributed by atoms with Crippen LogP contribution in [0.3, 0.4) is 0 Å². The summed E-state index contributed by atoms with van der Waals surface area (Å²) in [5, 5.41) is 14.1. The Kier molecular flexibility index (Phi) is 20.5. The Bertz CT molecular complexity index is 2240. The number of amides is 6. The molecule has 6 amide bonds. The van der Waals surface area contributed by atoms with E-state index in [0.717, 1.165) is 18.1 Å². The second-order valence-corrected chi connectivity index (χ2v) is 33.0. The van der Waals surface area contributed by atoms with Crippen LogP contribution in [0.15, 0.2) is 48.7 Å². The maximum absolute atomic E-state index is 15.9. The monoisotopic (exact) mass is 1020 g/mol. The Morgan fingerprint density at radius 1 is 0.800 bits per heavy atom. The van der Waals surface area contributed by atoms with Gasteiger partial charge < -0.3 is 45.6 Å². The van der Waals surface area contributed by atoms with Crippen LogP contribution in [-0.2, 0) is 54.4 Å². The highest BCUT2D eigenvalue weighted by Crippen LogP contribution is 2.52. The molecule has 19 heteroatoms. The molecule has 0 aromatic heterocycles. The summed E-state index contributed by atoms with van der Waals surface area (Å²) in [4.78, 5) is 100. The number of nitrogens with two attached hydrogens (primary N) is 1. The topological polar surface area (TPSA) is 233 Å². The van der Waals surface area contributed by atoms with E-state index in [1.807, 2.05) is 71.9 Å². The minimum Gasteiger partial charge on any atom is -0.543 e. The predicted molar refractivity (Wildman–Crippen MR) is 281 cm³/mol. The molecule has 7 N–H and O–H groups in total. The number of nitrogens with one attached hydrogen (secondary N) is 5. The van der Waals surface area contributed by atoms with Gasteiger partial charge in [-0.25, -0.2) is 0 Å². The lowest BCUT2D eigenvalue weighted by Gasteiger charge is -2.48. The molecule has 0 aliphatic carbocycles. The molecule has 6 atom stereocenters. The van der Waals surface area contributed by atoms with E-state index in [1.165, 1.54) is 6.20 Å². The summed E-state index contributed by atoms with van der Waals surface area (Å²) in [5.41, 5.74) is 6.26. The fourth-order valence-corrected chi connectivity index (χ4v) is 18.1. The van der Waals surface area contributed by atoms with Gasteiger partial charge in [-0.3, -0.25) is 33.6 Å². The molecule has 16 nitrogen and oxygen atoms in total. The summed E-state index contributed by atoms with van der Waals surface area (Å²) < 4.78 is 22.3. The van der Waals surface area contributed by atoms with Crippen molar-refractivity contribution in [1.29, 1.82) is 0 Å². The Balaban J connectivity index is 2.29. The van der Waals surface area contributed by atoms with E-state index in [4.69, 9.17) is 19.0 Å². The molecule has 4 rings (SSSR count). The summed E-state index contributed by atoms with van der Waals surface area (Å²) in [5.74, 6) is -5.97. The van der Waals surface area contributed by atoms with E-state index in [9.17, 15) is 24.0 Å². The third-order valence-corrected chi connectivity index (χ3v) is 29.1. The number of allylic oxidation sites excluding steroid dienone is 1. The van der Waals surface area contributed by atoms with Gasteiger partial charge in [0.15, 0.2) is 22.2 Å². The predicted octanol–water partition coefficient (Wildman–Crippen LogP) is 7.45. The maximum atomic E-state index is 15.9. The molecule has 6 bridgehead atoms. The number of hydrogen-bond acceptors (Lipinski definition) is 10. The lowest BCUT2D eigenvalue weighted by Crippen LogP contribution is -2.68. The van der Waals surface area contributed by atoms with Gasteiger partial charge in [-0.15, -0.1) is 0 Å². The lowest BCUT2D eigenvalue weighted by atomic mass is 9.83. The average Bonchev–Trinajstić information content (AvgIpc) is 3.65. The van der Waals surface area contributed by atoms with Crippen molar-refractivity contribution in [3.05, 3.63) is 59.8 Å². The molecule has 2 aliphatic heterocycles. The number of hydrogen-bond donors (Lipinski definition) is 6. The zero-order valence-electron chi connectivity index (χ0n) is 43.7. The molecule has 2 aromatic rings. The number of rotatable bonds is 23. The van der Waals surface area contributed by atoms with Crippen molar-refractivity contribution in [2.24, 2.45) is 11.7 Å². The molecule has 2 aliphatic rings. The number of para-hydroxylation sites is 1. The van der Waals surface area contributed by atoms with E-state index in [0.29, 0.717) is 76.4 Å². The molecule has 0 spiro atoms. The van der Waals surface area contributed by atoms with Gasteiger partial charge in [-0.1, -0.05) is 107 Å². The quantitative estimate of drug-likeness (QED) is 0.0475. The molecule has 0 saturated heterocycles. The van der Waals surface area contributed by atoms with Crippen LogP contribution in [0.4, 0.5) is 5.69 Å². The smallest absolute Gasteiger partial charge is 0.288 e. The molecule has 386 valence electrons. The number of primary amides is 1. The number of carbonyl (C=O) groups excluding carboxylic acids is 7. The van der Waals surface area contributed by atoms with Gasteiger partial charge in [0.05, 0.1) is 12.1 Å². The van der Waals surface area contributed by atoms with Crippen molar-refractivity contribution in [3.8, 4) is 16.9 Å². The first-order valence-electron chi connectivity index (χ1n) is 25.6. The summed E-state index contributed by atoms with van der Waals surface area (Å²) in [6, 6.07) is 12.3. The highest BCUT2D eigenvalue weighted by atomic mass is 28.4. The third-order valence-electron chi connectivity index (χ3n) is 15.3. The second-order valence-electron chi connectivity index (χ2n) is 18.9. The van der Waals surface area contributed by atoms with Crippen LogP contribution in [0, 0.1) is 5.92 Å². The van der Waals surface area contributed by atoms with E-state index >= 15 is 9.59 Å². The Morgan fingerprint density at radius 3 is 1.94 bits per heavy atom. The fraction of sp³-hybridized carbons (Fsp3) is 0.588. The van der Waals surface area contributed by atoms with Gasteiger partial charge in [0.1, 0.15) is 30.0 Å². The van der Waals surface area contributed by atoms with Crippen molar-refractivity contribution in [3.63, 3.8) is 0 Å². The third kappa shape index (κ3) is 12.2. The summed E-state index contributed by atoms with van der Waals surface area (Å²) >= 11 is 0. The molecular weight excluding hydrogens is 941 g/mol. The summed E-state index contributed by atoms with van der Waals surface area (Å²) in [7, 11) is -8.22. The second kappa shape index (κ2) is 24.9. The van der Waals surface area contributed by atoms with Crippen LogP contribution in [0.1, 0.15) is 107 Å². The van der Waals surface area contributed by atoms with Crippen molar-refractivity contribution in [1.82, 2.24) is 21.3 Å². The number of Topliss-reactive ketones (excluding diaryl/α,β-unsaturated/α-hetero) is 1. The minimum absolute atomic E-state index is 0.171. The number of fused-ring (bicyclic) bond motifs is 3. The van der Waals surface area contributed by atoms with Crippen molar-refractivity contribution < 1.29 is 46.8 Å². The molecular formula is C51H80N6O10Si3. The van der Waals surface area contributed by atoms with Gasteiger partial charge in [0.2, 0.25) is 29.4 Å². The van der Waals surface area contributed by atoms with Gasteiger partial charge in [-0.05, 0) is 91.6 Å². The molecule has 2 aromatic carbocycles. The van der Waals surface area contributed by atoms with E-state index < -0.39 is 108 Å². The Labute approximate surface area is 418 Å². The van der Waals surface area contributed by atoms with Crippen LogP contribution in [0.2, 0.25) is 54.4 Å². The zero-order chi connectivity index (χ0) is 52.2. The van der Waals surface area contributed by atoms with Crippen molar-refractivity contribution in [2.75, 3.05) is 5.32 Å². The average molecular weight is 1020 g/mol. The number of anilines is 1.